The van der Waals surface area contributed by atoms with Crippen molar-refractivity contribution in [3.63, 3.8) is 0 Å². The van der Waals surface area contributed by atoms with Crippen LogP contribution in [0.2, 0.25) is 5.02 Å². The molecule has 5 nitrogen and oxygen atoms in total. The maximum atomic E-state index is 13.4. The molecule has 1 aliphatic heterocycles. The van der Waals surface area contributed by atoms with Crippen molar-refractivity contribution in [3.05, 3.63) is 122 Å². The lowest BCUT2D eigenvalue weighted by atomic mass is 9.94. The fourth-order valence-electron chi connectivity index (χ4n) is 5.66. The Morgan fingerprint density at radius 3 is 2.46 bits per heavy atom. The molecule has 1 aliphatic carbocycles. The standard InChI is InChI=1S/C32H27ClF3N3O2/c33-25-10-3-8-23(18-25)31(12-13-31)30-37-27-11-4-14-39(19-26(27)29(41)38-30)28(40)16-20-5-1-6-21(15-20)22-7-2-9-24(17-22)32(34,35)36/h1-3,5-10,15,17-18H,4,11-14,16,19H2,(H,37,38,41). The van der Waals surface area contributed by atoms with Crippen LogP contribution in [0.3, 0.4) is 0 Å². The largest absolute Gasteiger partial charge is 0.416 e. The minimum absolute atomic E-state index is 0.0728. The molecule has 1 saturated carbocycles. The molecule has 0 spiro atoms. The molecule has 210 valence electrons. The number of hydrogen-bond donors (Lipinski definition) is 1. The van der Waals surface area contributed by atoms with Crippen LogP contribution in [0.1, 0.15) is 53.0 Å². The first kappa shape index (κ1) is 27.3. The van der Waals surface area contributed by atoms with Crippen LogP contribution in [-0.2, 0) is 35.8 Å². The Morgan fingerprint density at radius 2 is 1.73 bits per heavy atom. The molecule has 2 heterocycles. The molecule has 0 saturated heterocycles. The number of H-pyrrole nitrogens is 1. The second-order valence-corrected chi connectivity index (χ2v) is 11.2. The minimum atomic E-state index is -4.44. The van der Waals surface area contributed by atoms with Crippen molar-refractivity contribution < 1.29 is 18.0 Å². The molecule has 9 heteroatoms. The third-order valence-corrected chi connectivity index (χ3v) is 8.27. The Morgan fingerprint density at radius 1 is 1.00 bits per heavy atom. The predicted octanol–water partition coefficient (Wildman–Crippen LogP) is 6.71. The molecular formula is C32H27ClF3N3O2. The van der Waals surface area contributed by atoms with Gasteiger partial charge in [0.2, 0.25) is 5.91 Å². The van der Waals surface area contributed by atoms with Crippen LogP contribution in [0.15, 0.2) is 77.6 Å². The fourth-order valence-corrected chi connectivity index (χ4v) is 5.85. The van der Waals surface area contributed by atoms with E-state index in [0.717, 1.165) is 36.2 Å². The smallest absolute Gasteiger partial charge is 0.338 e. The number of aryl methyl sites for hydroxylation is 1. The summed E-state index contributed by atoms with van der Waals surface area (Å²) < 4.78 is 39.6. The lowest BCUT2D eigenvalue weighted by Crippen LogP contribution is -2.34. The molecule has 3 aromatic carbocycles. The van der Waals surface area contributed by atoms with Crippen LogP contribution in [0.5, 0.6) is 0 Å². The molecular weight excluding hydrogens is 551 g/mol. The van der Waals surface area contributed by atoms with Crippen molar-refractivity contribution in [1.82, 2.24) is 14.9 Å². The average molecular weight is 578 g/mol. The van der Waals surface area contributed by atoms with E-state index in [1.165, 1.54) is 6.07 Å². The molecule has 0 unspecified atom stereocenters. The van der Waals surface area contributed by atoms with Crippen molar-refractivity contribution in [2.24, 2.45) is 0 Å². The molecule has 1 fully saturated rings. The summed E-state index contributed by atoms with van der Waals surface area (Å²) >= 11 is 6.23. The Bertz CT molecular complexity index is 1690. The van der Waals surface area contributed by atoms with Gasteiger partial charge in [-0.2, -0.15) is 13.2 Å². The monoisotopic (exact) mass is 577 g/mol. The SMILES string of the molecule is O=C(Cc1cccc(-c2cccc(C(F)(F)F)c2)c1)N1CCCc2nc(C3(c4cccc(Cl)c4)CC3)[nH]c(=O)c2C1. The van der Waals surface area contributed by atoms with E-state index < -0.39 is 11.7 Å². The molecule has 4 aromatic rings. The van der Waals surface area contributed by atoms with Gasteiger partial charge in [0.15, 0.2) is 0 Å². The van der Waals surface area contributed by atoms with Gasteiger partial charge in [0.1, 0.15) is 5.82 Å². The van der Waals surface area contributed by atoms with Gasteiger partial charge < -0.3 is 9.88 Å². The van der Waals surface area contributed by atoms with Gasteiger partial charge in [-0.25, -0.2) is 4.98 Å². The molecule has 1 aromatic heterocycles. The van der Waals surface area contributed by atoms with Crippen LogP contribution in [0.4, 0.5) is 13.2 Å². The quantitative estimate of drug-likeness (QED) is 0.287. The van der Waals surface area contributed by atoms with Gasteiger partial charge in [-0.05, 0) is 72.2 Å². The number of nitrogens with zero attached hydrogens (tertiary/aromatic N) is 2. The first-order valence-electron chi connectivity index (χ1n) is 13.6. The van der Waals surface area contributed by atoms with Gasteiger partial charge in [0, 0.05) is 11.6 Å². The predicted molar refractivity (Wildman–Crippen MR) is 151 cm³/mol. The zero-order valence-corrected chi connectivity index (χ0v) is 22.9. The maximum Gasteiger partial charge on any atom is 0.416 e. The van der Waals surface area contributed by atoms with Crippen LogP contribution in [-0.4, -0.2) is 27.3 Å². The van der Waals surface area contributed by atoms with E-state index in [1.54, 1.807) is 35.2 Å². The molecule has 1 N–H and O–H groups in total. The number of rotatable bonds is 5. The maximum absolute atomic E-state index is 13.4. The fraction of sp³-hybridized carbons (Fsp3) is 0.281. The van der Waals surface area contributed by atoms with Gasteiger partial charge in [-0.1, -0.05) is 60.1 Å². The number of carbonyl (C=O) groups is 1. The van der Waals surface area contributed by atoms with Crippen molar-refractivity contribution in [1.29, 1.82) is 0 Å². The average Bonchev–Trinajstić information content (AvgIpc) is 3.77. The van der Waals surface area contributed by atoms with E-state index in [1.807, 2.05) is 24.3 Å². The van der Waals surface area contributed by atoms with Gasteiger partial charge >= 0.3 is 6.18 Å². The highest BCUT2D eigenvalue weighted by molar-refractivity contribution is 6.30. The number of alkyl halides is 3. The molecule has 6 rings (SSSR count). The van der Waals surface area contributed by atoms with Crippen LogP contribution in [0.25, 0.3) is 11.1 Å². The second-order valence-electron chi connectivity index (χ2n) is 10.8. The molecule has 41 heavy (non-hydrogen) atoms. The van der Waals surface area contributed by atoms with E-state index in [-0.39, 0.29) is 29.8 Å². The zero-order chi connectivity index (χ0) is 28.8. The normalized spacial score (nSPS) is 16.1. The van der Waals surface area contributed by atoms with Crippen LogP contribution >= 0.6 is 11.6 Å². The lowest BCUT2D eigenvalue weighted by Gasteiger charge is -2.21. The number of benzene rings is 3. The molecule has 0 bridgehead atoms. The van der Waals surface area contributed by atoms with E-state index in [2.05, 4.69) is 4.98 Å². The number of amides is 1. The van der Waals surface area contributed by atoms with E-state index in [0.29, 0.717) is 52.5 Å². The third-order valence-electron chi connectivity index (χ3n) is 8.03. The zero-order valence-electron chi connectivity index (χ0n) is 22.1. The number of hydrogen-bond acceptors (Lipinski definition) is 3. The summed E-state index contributed by atoms with van der Waals surface area (Å²) in [6, 6.07) is 19.8. The number of nitrogens with one attached hydrogen (secondary N) is 1. The first-order valence-corrected chi connectivity index (χ1v) is 13.9. The highest BCUT2D eigenvalue weighted by atomic mass is 35.5. The van der Waals surface area contributed by atoms with E-state index >= 15 is 0 Å². The number of aromatic amines is 1. The summed E-state index contributed by atoms with van der Waals surface area (Å²) in [6.45, 7) is 0.644. The Hall–Kier alpha value is -3.91. The first-order chi connectivity index (χ1) is 19.6. The number of aromatic nitrogens is 2. The van der Waals surface area contributed by atoms with Gasteiger partial charge in [-0.3, -0.25) is 9.59 Å². The summed E-state index contributed by atoms with van der Waals surface area (Å²) in [6.07, 6.45) is -1.35. The lowest BCUT2D eigenvalue weighted by molar-refractivity contribution is -0.137. The summed E-state index contributed by atoms with van der Waals surface area (Å²) in [5, 5.41) is 0.639. The number of carbonyl (C=O) groups excluding carboxylic acids is 1. The van der Waals surface area contributed by atoms with E-state index in [9.17, 15) is 22.8 Å². The second kappa shape index (κ2) is 10.5. The van der Waals surface area contributed by atoms with Crippen molar-refractivity contribution >= 4 is 17.5 Å². The van der Waals surface area contributed by atoms with Gasteiger partial charge in [0.05, 0.1) is 35.2 Å². The summed E-state index contributed by atoms with van der Waals surface area (Å²) in [5.74, 6) is 0.495. The highest BCUT2D eigenvalue weighted by Crippen LogP contribution is 2.52. The topological polar surface area (TPSA) is 66.1 Å². The minimum Gasteiger partial charge on any atom is -0.338 e. The summed E-state index contributed by atoms with van der Waals surface area (Å²) in [5.41, 5.74) is 2.68. The third kappa shape index (κ3) is 5.53. The van der Waals surface area contributed by atoms with Gasteiger partial charge in [0.25, 0.3) is 5.56 Å². The summed E-state index contributed by atoms with van der Waals surface area (Å²) in [4.78, 5) is 36.2. The summed E-state index contributed by atoms with van der Waals surface area (Å²) in [7, 11) is 0. The van der Waals surface area contributed by atoms with Crippen molar-refractivity contribution in [2.45, 2.75) is 50.2 Å². The van der Waals surface area contributed by atoms with Crippen LogP contribution < -0.4 is 5.56 Å². The van der Waals surface area contributed by atoms with Gasteiger partial charge in [-0.15, -0.1) is 0 Å². The number of halogens is 4. The number of fused-ring (bicyclic) bond motifs is 1. The Labute approximate surface area is 240 Å². The van der Waals surface area contributed by atoms with E-state index in [4.69, 9.17) is 16.6 Å². The molecule has 0 atom stereocenters. The molecule has 0 radical (unpaired) electrons. The van der Waals surface area contributed by atoms with Crippen molar-refractivity contribution in [2.75, 3.05) is 6.54 Å². The molecule has 1 amide bonds. The Balaban J connectivity index is 1.21. The molecule has 2 aliphatic rings. The Kier molecular flexibility index (Phi) is 6.98. The highest BCUT2D eigenvalue weighted by Gasteiger charge is 2.48. The van der Waals surface area contributed by atoms with Crippen LogP contribution in [0, 0.1) is 0 Å². The van der Waals surface area contributed by atoms with Crippen molar-refractivity contribution in [3.8, 4) is 11.1 Å².